The van der Waals surface area contributed by atoms with Crippen LogP contribution in [0.2, 0.25) is 0 Å². The SMILES string of the molecule is CN(CC(=O)N1CCOC1=O)CC1(O)CCCC1. The molecule has 0 aromatic rings. The zero-order valence-corrected chi connectivity index (χ0v) is 10.7. The first kappa shape index (κ1) is 13.3. The molecule has 6 nitrogen and oxygen atoms in total. The number of rotatable bonds is 4. The van der Waals surface area contributed by atoms with Crippen molar-refractivity contribution < 1.29 is 19.4 Å². The number of cyclic esters (lactones) is 1. The van der Waals surface area contributed by atoms with E-state index >= 15 is 0 Å². The van der Waals surface area contributed by atoms with Crippen molar-refractivity contribution in [3.8, 4) is 0 Å². The fraction of sp³-hybridized carbons (Fsp3) is 0.833. The molecule has 6 heteroatoms. The highest BCUT2D eigenvalue weighted by atomic mass is 16.6. The second-order valence-corrected chi connectivity index (χ2v) is 5.26. The second-order valence-electron chi connectivity index (χ2n) is 5.26. The third kappa shape index (κ3) is 3.00. The molecule has 1 N–H and O–H groups in total. The molecule has 2 rings (SSSR count). The normalized spacial score (nSPS) is 22.6. The molecule has 0 radical (unpaired) electrons. The van der Waals surface area contributed by atoms with Crippen molar-refractivity contribution in [1.29, 1.82) is 0 Å². The Kier molecular flexibility index (Phi) is 3.87. The number of amides is 2. The van der Waals surface area contributed by atoms with Crippen LogP contribution < -0.4 is 0 Å². The van der Waals surface area contributed by atoms with Gasteiger partial charge in [0.1, 0.15) is 6.61 Å². The van der Waals surface area contributed by atoms with Crippen LogP contribution in [0, 0.1) is 0 Å². The molecule has 2 fully saturated rings. The minimum atomic E-state index is -0.666. The Morgan fingerprint density at radius 2 is 2.17 bits per heavy atom. The first-order valence-electron chi connectivity index (χ1n) is 6.38. The average Bonchev–Trinajstić information content (AvgIpc) is 2.87. The third-order valence-corrected chi connectivity index (χ3v) is 3.57. The minimum Gasteiger partial charge on any atom is -0.447 e. The average molecular weight is 256 g/mol. The molecule has 0 bridgehead atoms. The van der Waals surface area contributed by atoms with Gasteiger partial charge in [0.2, 0.25) is 5.91 Å². The smallest absolute Gasteiger partial charge is 0.416 e. The van der Waals surface area contributed by atoms with Gasteiger partial charge < -0.3 is 9.84 Å². The number of imide groups is 1. The Labute approximate surface area is 106 Å². The molecule has 1 aliphatic carbocycles. The van der Waals surface area contributed by atoms with Crippen LogP contribution in [-0.4, -0.2) is 65.8 Å². The highest BCUT2D eigenvalue weighted by Gasteiger charge is 2.34. The number of likely N-dealkylation sites (N-methyl/N-ethyl adjacent to an activating group) is 1. The van der Waals surface area contributed by atoms with Crippen LogP contribution in [0.25, 0.3) is 0 Å². The van der Waals surface area contributed by atoms with Crippen LogP contribution in [-0.2, 0) is 9.53 Å². The van der Waals surface area contributed by atoms with Crippen LogP contribution in [0.5, 0.6) is 0 Å². The molecule has 0 unspecified atom stereocenters. The molecule has 0 aromatic carbocycles. The largest absolute Gasteiger partial charge is 0.447 e. The second kappa shape index (κ2) is 5.24. The summed E-state index contributed by atoms with van der Waals surface area (Å²) < 4.78 is 4.72. The molecule has 18 heavy (non-hydrogen) atoms. The molecular weight excluding hydrogens is 236 g/mol. The lowest BCUT2D eigenvalue weighted by Gasteiger charge is -2.28. The minimum absolute atomic E-state index is 0.136. The molecule has 1 aliphatic heterocycles. The standard InChI is InChI=1S/C12H20N2O4/c1-13(9-12(17)4-2-3-5-12)8-10(15)14-6-7-18-11(14)16/h17H,2-9H2,1H3. The summed E-state index contributed by atoms with van der Waals surface area (Å²) in [7, 11) is 1.79. The zero-order valence-electron chi connectivity index (χ0n) is 10.7. The van der Waals surface area contributed by atoms with Gasteiger partial charge in [0.05, 0.1) is 18.7 Å². The lowest BCUT2D eigenvalue weighted by atomic mass is 10.0. The molecule has 0 aromatic heterocycles. The number of nitrogens with zero attached hydrogens (tertiary/aromatic N) is 2. The fourth-order valence-electron chi connectivity index (χ4n) is 2.69. The molecule has 1 saturated heterocycles. The van der Waals surface area contributed by atoms with Gasteiger partial charge in [0, 0.05) is 6.54 Å². The van der Waals surface area contributed by atoms with Crippen LogP contribution >= 0.6 is 0 Å². The van der Waals surface area contributed by atoms with E-state index in [2.05, 4.69) is 0 Å². The third-order valence-electron chi connectivity index (χ3n) is 3.57. The van der Waals surface area contributed by atoms with Gasteiger partial charge in [-0.1, -0.05) is 12.8 Å². The predicted octanol–water partition coefficient (Wildman–Crippen LogP) is 0.202. The Balaban J connectivity index is 1.81. The van der Waals surface area contributed by atoms with Crippen molar-refractivity contribution in [3.63, 3.8) is 0 Å². The van der Waals surface area contributed by atoms with Crippen LogP contribution in [0.3, 0.4) is 0 Å². The van der Waals surface area contributed by atoms with Crippen molar-refractivity contribution in [2.24, 2.45) is 0 Å². The first-order valence-corrected chi connectivity index (χ1v) is 6.38. The molecule has 2 aliphatic rings. The Bertz CT molecular complexity index is 339. The lowest BCUT2D eigenvalue weighted by molar-refractivity contribution is -0.129. The van der Waals surface area contributed by atoms with E-state index in [4.69, 9.17) is 4.74 Å². The molecule has 0 spiro atoms. The molecule has 102 valence electrons. The fourth-order valence-corrected chi connectivity index (χ4v) is 2.69. The molecule has 1 saturated carbocycles. The maximum Gasteiger partial charge on any atom is 0.416 e. The van der Waals surface area contributed by atoms with Crippen LogP contribution in [0.1, 0.15) is 25.7 Å². The summed E-state index contributed by atoms with van der Waals surface area (Å²) in [6, 6.07) is 0. The number of hydrogen-bond donors (Lipinski definition) is 1. The first-order chi connectivity index (χ1) is 8.50. The van der Waals surface area contributed by atoms with Gasteiger partial charge >= 0.3 is 6.09 Å². The van der Waals surface area contributed by atoms with Crippen molar-refractivity contribution in [2.45, 2.75) is 31.3 Å². The summed E-state index contributed by atoms with van der Waals surface area (Å²) in [6.07, 6.45) is 3.09. The van der Waals surface area contributed by atoms with Gasteiger partial charge in [0.15, 0.2) is 0 Å². The van der Waals surface area contributed by atoms with Gasteiger partial charge in [-0.2, -0.15) is 0 Å². The molecule has 0 atom stereocenters. The summed E-state index contributed by atoms with van der Waals surface area (Å²) in [4.78, 5) is 26.0. The van der Waals surface area contributed by atoms with Crippen molar-refractivity contribution in [3.05, 3.63) is 0 Å². The topological polar surface area (TPSA) is 70.1 Å². The number of carbonyl (C=O) groups excluding carboxylic acids is 2. The van der Waals surface area contributed by atoms with Gasteiger partial charge in [-0.3, -0.25) is 9.69 Å². The summed E-state index contributed by atoms with van der Waals surface area (Å²) in [5.74, 6) is -0.262. The summed E-state index contributed by atoms with van der Waals surface area (Å²) >= 11 is 0. The molecular formula is C12H20N2O4. The van der Waals surface area contributed by atoms with E-state index in [1.165, 1.54) is 0 Å². The van der Waals surface area contributed by atoms with Crippen molar-refractivity contribution in [1.82, 2.24) is 9.80 Å². The number of aliphatic hydroxyl groups is 1. The van der Waals surface area contributed by atoms with Gasteiger partial charge in [0.25, 0.3) is 0 Å². The Morgan fingerprint density at radius 3 is 2.72 bits per heavy atom. The number of hydrogen-bond acceptors (Lipinski definition) is 5. The van der Waals surface area contributed by atoms with Crippen molar-refractivity contribution in [2.75, 3.05) is 33.3 Å². The van der Waals surface area contributed by atoms with E-state index in [9.17, 15) is 14.7 Å². The van der Waals surface area contributed by atoms with E-state index < -0.39 is 11.7 Å². The van der Waals surface area contributed by atoms with E-state index in [1.54, 1.807) is 11.9 Å². The monoisotopic (exact) mass is 256 g/mol. The zero-order chi connectivity index (χ0) is 13.2. The summed E-state index contributed by atoms with van der Waals surface area (Å²) in [5.41, 5.74) is -0.666. The highest BCUT2D eigenvalue weighted by Crippen LogP contribution is 2.29. The Hall–Kier alpha value is -1.14. The van der Waals surface area contributed by atoms with Crippen LogP contribution in [0.15, 0.2) is 0 Å². The highest BCUT2D eigenvalue weighted by molar-refractivity contribution is 5.93. The maximum atomic E-state index is 11.8. The van der Waals surface area contributed by atoms with Gasteiger partial charge in [-0.25, -0.2) is 9.69 Å². The summed E-state index contributed by atoms with van der Waals surface area (Å²) in [6.45, 7) is 1.22. The quantitative estimate of drug-likeness (QED) is 0.778. The van der Waals surface area contributed by atoms with E-state index in [-0.39, 0.29) is 19.1 Å². The van der Waals surface area contributed by atoms with E-state index in [0.717, 1.165) is 30.6 Å². The maximum absolute atomic E-state index is 11.8. The van der Waals surface area contributed by atoms with Gasteiger partial charge in [-0.05, 0) is 19.9 Å². The Morgan fingerprint density at radius 1 is 1.50 bits per heavy atom. The predicted molar refractivity (Wildman–Crippen MR) is 64.0 cm³/mol. The molecule has 1 heterocycles. The van der Waals surface area contributed by atoms with Crippen LogP contribution in [0.4, 0.5) is 4.79 Å². The van der Waals surface area contributed by atoms with Crippen molar-refractivity contribution >= 4 is 12.0 Å². The number of ether oxygens (including phenoxy) is 1. The van der Waals surface area contributed by atoms with Gasteiger partial charge in [-0.15, -0.1) is 0 Å². The van der Waals surface area contributed by atoms with E-state index in [0.29, 0.717) is 13.1 Å². The summed E-state index contributed by atoms with van der Waals surface area (Å²) in [5, 5.41) is 10.2. The molecule has 2 amide bonds. The lowest BCUT2D eigenvalue weighted by Crippen LogP contribution is -2.45. The van der Waals surface area contributed by atoms with E-state index in [1.807, 2.05) is 0 Å². The number of carbonyl (C=O) groups is 2.